The van der Waals surface area contributed by atoms with Gasteiger partial charge in [-0.15, -0.1) is 11.6 Å². The SMILES string of the molecule is Cc1cc(C(=O)N2CCC(C(C)Cl)CC2)n(C)n1. The molecule has 0 aliphatic carbocycles. The number of likely N-dealkylation sites (tertiary alicyclic amines) is 1. The number of hydrogen-bond acceptors (Lipinski definition) is 2. The molecule has 1 aliphatic rings. The minimum Gasteiger partial charge on any atom is -0.337 e. The number of piperidine rings is 1. The highest BCUT2D eigenvalue weighted by Gasteiger charge is 2.27. The van der Waals surface area contributed by atoms with Crippen LogP contribution in [0.1, 0.15) is 35.9 Å². The largest absolute Gasteiger partial charge is 0.337 e. The lowest BCUT2D eigenvalue weighted by atomic mass is 9.94. The maximum atomic E-state index is 12.3. The number of rotatable bonds is 2. The van der Waals surface area contributed by atoms with E-state index in [-0.39, 0.29) is 11.3 Å². The van der Waals surface area contributed by atoms with E-state index in [0.717, 1.165) is 31.6 Å². The highest BCUT2D eigenvalue weighted by Crippen LogP contribution is 2.24. The summed E-state index contributed by atoms with van der Waals surface area (Å²) in [5, 5.41) is 4.41. The minimum atomic E-state index is 0.0822. The molecule has 1 unspecified atom stereocenters. The molecule has 2 rings (SSSR count). The van der Waals surface area contributed by atoms with Crippen LogP contribution in [-0.4, -0.2) is 39.1 Å². The van der Waals surface area contributed by atoms with E-state index in [1.54, 1.807) is 4.68 Å². The lowest BCUT2D eigenvalue weighted by Crippen LogP contribution is -2.40. The van der Waals surface area contributed by atoms with E-state index < -0.39 is 0 Å². The highest BCUT2D eigenvalue weighted by molar-refractivity contribution is 6.20. The van der Waals surface area contributed by atoms with E-state index in [1.807, 2.05) is 31.9 Å². The minimum absolute atomic E-state index is 0.0822. The Labute approximate surface area is 113 Å². The van der Waals surface area contributed by atoms with E-state index in [1.165, 1.54) is 0 Å². The molecule has 1 aromatic heterocycles. The van der Waals surface area contributed by atoms with Gasteiger partial charge in [0.25, 0.3) is 5.91 Å². The summed E-state index contributed by atoms with van der Waals surface area (Å²) in [5.41, 5.74) is 1.55. The standard InChI is InChI=1S/C13H20ClN3O/c1-9-8-12(16(3)15-9)13(18)17-6-4-11(5-7-17)10(2)14/h8,10-11H,4-7H2,1-3H3. The van der Waals surface area contributed by atoms with Crippen molar-refractivity contribution < 1.29 is 4.79 Å². The van der Waals surface area contributed by atoms with Crippen LogP contribution < -0.4 is 0 Å². The van der Waals surface area contributed by atoms with Gasteiger partial charge in [-0.3, -0.25) is 9.48 Å². The molecule has 18 heavy (non-hydrogen) atoms. The number of halogens is 1. The summed E-state index contributed by atoms with van der Waals surface area (Å²) in [5.74, 6) is 0.614. The van der Waals surface area contributed by atoms with Crippen molar-refractivity contribution in [2.24, 2.45) is 13.0 Å². The number of carbonyl (C=O) groups is 1. The Hall–Kier alpha value is -1.03. The second-order valence-electron chi connectivity index (χ2n) is 5.10. The summed E-state index contributed by atoms with van der Waals surface area (Å²) >= 11 is 6.11. The van der Waals surface area contributed by atoms with Gasteiger partial charge in [-0.1, -0.05) is 0 Å². The normalized spacial score (nSPS) is 19.0. The fourth-order valence-electron chi connectivity index (χ4n) is 2.53. The maximum absolute atomic E-state index is 12.3. The van der Waals surface area contributed by atoms with Crippen molar-refractivity contribution in [2.75, 3.05) is 13.1 Å². The molecule has 100 valence electrons. The van der Waals surface area contributed by atoms with Crippen molar-refractivity contribution in [2.45, 2.75) is 32.1 Å². The summed E-state index contributed by atoms with van der Waals surface area (Å²) in [7, 11) is 1.81. The first kappa shape index (κ1) is 13.4. The molecule has 0 saturated carbocycles. The maximum Gasteiger partial charge on any atom is 0.272 e. The number of alkyl halides is 1. The first-order valence-electron chi connectivity index (χ1n) is 6.43. The monoisotopic (exact) mass is 269 g/mol. The van der Waals surface area contributed by atoms with Crippen molar-refractivity contribution in [3.63, 3.8) is 0 Å². The number of amides is 1. The third-order valence-electron chi connectivity index (χ3n) is 3.70. The molecule has 0 bridgehead atoms. The molecule has 1 saturated heterocycles. The fourth-order valence-corrected chi connectivity index (χ4v) is 2.79. The highest BCUT2D eigenvalue weighted by atomic mass is 35.5. The van der Waals surface area contributed by atoms with Crippen LogP contribution in [0.3, 0.4) is 0 Å². The molecular weight excluding hydrogens is 250 g/mol. The van der Waals surface area contributed by atoms with Crippen molar-refractivity contribution in [3.05, 3.63) is 17.5 Å². The van der Waals surface area contributed by atoms with Gasteiger partial charge in [0, 0.05) is 25.5 Å². The molecule has 1 fully saturated rings. The van der Waals surface area contributed by atoms with Crippen LogP contribution in [0.15, 0.2) is 6.07 Å². The first-order chi connectivity index (χ1) is 8.49. The zero-order valence-electron chi connectivity index (χ0n) is 11.2. The van der Waals surface area contributed by atoms with Crippen molar-refractivity contribution in [3.8, 4) is 0 Å². The molecule has 1 atom stereocenters. The third kappa shape index (κ3) is 2.69. The summed E-state index contributed by atoms with van der Waals surface area (Å²) < 4.78 is 1.66. The Bertz CT molecular complexity index is 433. The van der Waals surface area contributed by atoms with Gasteiger partial charge < -0.3 is 4.90 Å². The number of nitrogens with zero attached hydrogens (tertiary/aromatic N) is 3. The number of aromatic nitrogens is 2. The number of carbonyl (C=O) groups excluding carboxylic acids is 1. The van der Waals surface area contributed by atoms with E-state index >= 15 is 0 Å². The van der Waals surface area contributed by atoms with Crippen LogP contribution in [0.4, 0.5) is 0 Å². The predicted molar refractivity (Wildman–Crippen MR) is 71.9 cm³/mol. The van der Waals surface area contributed by atoms with Crippen molar-refractivity contribution in [1.29, 1.82) is 0 Å². The Morgan fingerprint density at radius 1 is 1.50 bits per heavy atom. The third-order valence-corrected chi connectivity index (χ3v) is 4.05. The Balaban J connectivity index is 2.02. The van der Waals surface area contributed by atoms with Crippen LogP contribution in [0.2, 0.25) is 0 Å². The van der Waals surface area contributed by atoms with Gasteiger partial charge in [0.2, 0.25) is 0 Å². The second-order valence-corrected chi connectivity index (χ2v) is 5.79. The molecule has 1 aromatic rings. The summed E-state index contributed by atoms with van der Waals surface area (Å²) in [4.78, 5) is 14.3. The van der Waals surface area contributed by atoms with Gasteiger partial charge in [-0.25, -0.2) is 0 Å². The van der Waals surface area contributed by atoms with E-state index in [0.29, 0.717) is 11.6 Å². The lowest BCUT2D eigenvalue weighted by Gasteiger charge is -2.33. The second kappa shape index (κ2) is 5.31. The van der Waals surface area contributed by atoms with Crippen molar-refractivity contribution in [1.82, 2.24) is 14.7 Å². The van der Waals surface area contributed by atoms with E-state index in [9.17, 15) is 4.79 Å². The molecule has 2 heterocycles. The molecule has 5 heteroatoms. The van der Waals surface area contributed by atoms with Crippen LogP contribution in [-0.2, 0) is 7.05 Å². The van der Waals surface area contributed by atoms with Gasteiger partial charge in [0.05, 0.1) is 5.69 Å². The molecule has 1 amide bonds. The fraction of sp³-hybridized carbons (Fsp3) is 0.692. The van der Waals surface area contributed by atoms with Crippen LogP contribution in [0, 0.1) is 12.8 Å². The Morgan fingerprint density at radius 3 is 2.56 bits per heavy atom. The number of aryl methyl sites for hydroxylation is 2. The van der Waals surface area contributed by atoms with Crippen molar-refractivity contribution >= 4 is 17.5 Å². The lowest BCUT2D eigenvalue weighted by molar-refractivity contribution is 0.0679. The Morgan fingerprint density at radius 2 is 2.11 bits per heavy atom. The molecule has 0 spiro atoms. The number of hydrogen-bond donors (Lipinski definition) is 0. The van der Waals surface area contributed by atoms with E-state index in [2.05, 4.69) is 5.10 Å². The predicted octanol–water partition coefficient (Wildman–Crippen LogP) is 2.21. The molecular formula is C13H20ClN3O. The molecule has 0 N–H and O–H groups in total. The van der Waals surface area contributed by atoms with Gasteiger partial charge in [0.1, 0.15) is 5.69 Å². The quantitative estimate of drug-likeness (QED) is 0.772. The summed E-state index contributed by atoms with van der Waals surface area (Å²) in [6.45, 7) is 5.53. The summed E-state index contributed by atoms with van der Waals surface area (Å²) in [6.07, 6.45) is 1.99. The zero-order chi connectivity index (χ0) is 13.3. The average molecular weight is 270 g/mol. The topological polar surface area (TPSA) is 38.1 Å². The zero-order valence-corrected chi connectivity index (χ0v) is 11.9. The molecule has 1 aliphatic heterocycles. The van der Waals surface area contributed by atoms with Gasteiger partial charge in [0.15, 0.2) is 0 Å². The van der Waals surface area contributed by atoms with Gasteiger partial charge in [-0.05, 0) is 38.7 Å². The summed E-state index contributed by atoms with van der Waals surface area (Å²) in [6, 6.07) is 1.85. The molecule has 0 aromatic carbocycles. The van der Waals surface area contributed by atoms with Gasteiger partial charge >= 0.3 is 0 Å². The van der Waals surface area contributed by atoms with Gasteiger partial charge in [-0.2, -0.15) is 5.10 Å². The first-order valence-corrected chi connectivity index (χ1v) is 6.86. The molecule has 0 radical (unpaired) electrons. The van der Waals surface area contributed by atoms with E-state index in [4.69, 9.17) is 11.6 Å². The smallest absolute Gasteiger partial charge is 0.272 e. The van der Waals surface area contributed by atoms with Crippen LogP contribution >= 0.6 is 11.6 Å². The average Bonchev–Trinajstić information content (AvgIpc) is 2.67. The molecule has 4 nitrogen and oxygen atoms in total. The van der Waals surface area contributed by atoms with Crippen LogP contribution in [0.5, 0.6) is 0 Å². The van der Waals surface area contributed by atoms with Crippen LogP contribution in [0.25, 0.3) is 0 Å². The Kier molecular flexibility index (Phi) is 3.95.